The first kappa shape index (κ1) is 24.8. The zero-order valence-electron chi connectivity index (χ0n) is 19.6. The summed E-state index contributed by atoms with van der Waals surface area (Å²) in [6.07, 6.45) is 0.119. The number of anilines is 1. The fraction of sp³-hybridized carbons (Fsp3) is 0.500. The Hall–Kier alpha value is -2.86. The molecule has 1 unspecified atom stereocenters. The predicted octanol–water partition coefficient (Wildman–Crippen LogP) is 2.79. The Labute approximate surface area is 213 Å². The van der Waals surface area contributed by atoms with Crippen molar-refractivity contribution < 1.29 is 18.1 Å². The molecule has 0 radical (unpaired) electrons. The molecule has 190 valence electrons. The van der Waals surface area contributed by atoms with Crippen LogP contribution in [0.25, 0.3) is 16.0 Å². The molecule has 36 heavy (non-hydrogen) atoms. The number of nitriles is 1. The lowest BCUT2D eigenvalue weighted by Gasteiger charge is -2.37. The summed E-state index contributed by atoms with van der Waals surface area (Å²) < 4.78 is 43.8. The van der Waals surface area contributed by atoms with Crippen LogP contribution in [0.2, 0.25) is 0 Å². The molecule has 2 aliphatic rings. The van der Waals surface area contributed by atoms with Crippen molar-refractivity contribution in [3.63, 3.8) is 0 Å². The second-order valence-corrected chi connectivity index (χ2v) is 11.4. The molecule has 1 amide bonds. The second-order valence-electron chi connectivity index (χ2n) is 9.19. The molecule has 5 rings (SSSR count). The number of nitrogens with one attached hydrogen (secondary N) is 1. The lowest BCUT2D eigenvalue weighted by atomic mass is 10.1. The maximum absolute atomic E-state index is 13.2. The molecule has 14 heteroatoms. The molecule has 3 heterocycles. The summed E-state index contributed by atoms with van der Waals surface area (Å²) in [7, 11) is 0. The normalized spacial score (nSPS) is 18.2. The van der Waals surface area contributed by atoms with Gasteiger partial charge in [0.1, 0.15) is 5.54 Å². The topological polar surface area (TPSA) is 126 Å². The Kier molecular flexibility index (Phi) is 6.58. The number of piperazine rings is 1. The van der Waals surface area contributed by atoms with Crippen molar-refractivity contribution in [2.45, 2.75) is 43.5 Å². The van der Waals surface area contributed by atoms with Gasteiger partial charge in [0.2, 0.25) is 11.0 Å². The molecule has 1 N–H and O–H groups in total. The first-order valence-electron chi connectivity index (χ1n) is 11.5. The number of carbonyl (C=O) groups is 1. The van der Waals surface area contributed by atoms with E-state index in [1.807, 2.05) is 18.7 Å². The number of fused-ring (bicyclic) bond motifs is 1. The minimum atomic E-state index is -2.74. The molecule has 1 aliphatic heterocycles. The predicted molar refractivity (Wildman–Crippen MR) is 130 cm³/mol. The van der Waals surface area contributed by atoms with E-state index in [2.05, 4.69) is 31.0 Å². The van der Waals surface area contributed by atoms with Gasteiger partial charge in [0, 0.05) is 49.6 Å². The molecule has 1 atom stereocenters. The van der Waals surface area contributed by atoms with Gasteiger partial charge in [-0.1, -0.05) is 25.2 Å². The lowest BCUT2D eigenvalue weighted by molar-refractivity contribution is -0.134. The van der Waals surface area contributed by atoms with Crippen LogP contribution in [0.15, 0.2) is 23.2 Å². The van der Waals surface area contributed by atoms with Gasteiger partial charge < -0.3 is 14.4 Å². The Balaban J connectivity index is 1.52. The summed E-state index contributed by atoms with van der Waals surface area (Å²) in [6.45, 7) is 5.98. The van der Waals surface area contributed by atoms with Crippen molar-refractivity contribution in [3.05, 3.63) is 23.3 Å². The molecular weight excluding hydrogens is 510 g/mol. The number of carbonyl (C=O) groups excluding carboxylic acids is 1. The van der Waals surface area contributed by atoms with Gasteiger partial charge in [-0.15, -0.1) is 14.9 Å². The Morgan fingerprint density at radius 1 is 1.25 bits per heavy atom. The van der Waals surface area contributed by atoms with Crippen LogP contribution in [0.1, 0.15) is 38.1 Å². The maximum atomic E-state index is 13.2. The van der Waals surface area contributed by atoms with E-state index in [-0.39, 0.29) is 17.0 Å². The van der Waals surface area contributed by atoms with E-state index in [1.165, 1.54) is 4.68 Å². The van der Waals surface area contributed by atoms with E-state index >= 15 is 0 Å². The van der Waals surface area contributed by atoms with E-state index in [4.69, 9.17) is 0 Å². The van der Waals surface area contributed by atoms with E-state index in [9.17, 15) is 23.4 Å². The summed E-state index contributed by atoms with van der Waals surface area (Å²) in [5, 5.41) is 21.7. The zero-order valence-corrected chi connectivity index (χ0v) is 21.3. The third-order valence-electron chi connectivity index (χ3n) is 6.33. The van der Waals surface area contributed by atoms with Gasteiger partial charge in [-0.3, -0.25) is 4.79 Å². The smallest absolute Gasteiger partial charge is 0.291 e. The van der Waals surface area contributed by atoms with Crippen LogP contribution in [0, 0.1) is 17.2 Å². The van der Waals surface area contributed by atoms with Crippen LogP contribution < -0.4 is 9.62 Å². The van der Waals surface area contributed by atoms with Gasteiger partial charge in [-0.05, 0) is 12.8 Å². The number of nitrogens with zero attached hydrogens (tertiary/aromatic N) is 7. The number of halogens is 2. The SMILES string of the molecule is CC(C)C(=O)N1CCN(c2cc([S+]([O-])NC3(C#N)CC3)cc3c2cnn3-c2nnc(C(F)F)s2)CC1. The highest BCUT2D eigenvalue weighted by atomic mass is 32.2. The highest BCUT2D eigenvalue weighted by Gasteiger charge is 2.48. The van der Waals surface area contributed by atoms with Crippen molar-refractivity contribution in [2.24, 2.45) is 5.92 Å². The summed E-state index contributed by atoms with van der Waals surface area (Å²) in [4.78, 5) is 16.8. The monoisotopic (exact) mass is 534 g/mol. The molecule has 2 fully saturated rings. The van der Waals surface area contributed by atoms with Gasteiger partial charge in [0.25, 0.3) is 6.43 Å². The minimum absolute atomic E-state index is 0.0850. The van der Waals surface area contributed by atoms with Gasteiger partial charge in [-0.2, -0.15) is 10.4 Å². The first-order chi connectivity index (χ1) is 17.2. The summed E-state index contributed by atoms with van der Waals surface area (Å²) in [5.41, 5.74) is 0.507. The third kappa shape index (κ3) is 4.63. The number of alkyl halides is 2. The quantitative estimate of drug-likeness (QED) is 0.459. The number of benzene rings is 1. The van der Waals surface area contributed by atoms with Gasteiger partial charge in [-0.25, -0.2) is 13.5 Å². The molecule has 2 aromatic heterocycles. The average Bonchev–Trinajstić information content (AvgIpc) is 3.27. The summed E-state index contributed by atoms with van der Waals surface area (Å²) in [5.74, 6) is 0.0160. The standard InChI is InChI=1S/C22H24F2N8O2S2/c1-13(2)20(33)31-7-5-30(6-8-31)16-9-14(36(34)29-22(12-25)3-4-22)10-17-15(16)11-26-32(17)21-28-27-19(35-21)18(23)24/h9-11,13,18,29H,3-8H2,1-2H3. The summed E-state index contributed by atoms with van der Waals surface area (Å²) in [6, 6.07) is 5.65. The van der Waals surface area contributed by atoms with E-state index < -0.39 is 28.3 Å². The molecule has 3 aromatic rings. The Morgan fingerprint density at radius 3 is 2.56 bits per heavy atom. The number of rotatable bonds is 7. The van der Waals surface area contributed by atoms with Crippen molar-refractivity contribution in [2.75, 3.05) is 31.1 Å². The minimum Gasteiger partial charge on any atom is -0.593 e. The fourth-order valence-corrected chi connectivity index (χ4v) is 5.97. The van der Waals surface area contributed by atoms with Crippen molar-refractivity contribution in [1.82, 2.24) is 29.6 Å². The number of aromatic nitrogens is 4. The summed E-state index contributed by atoms with van der Waals surface area (Å²) >= 11 is -0.955. The fourth-order valence-electron chi connectivity index (χ4n) is 4.14. The van der Waals surface area contributed by atoms with Crippen molar-refractivity contribution in [3.8, 4) is 11.2 Å². The molecule has 0 bridgehead atoms. The highest BCUT2D eigenvalue weighted by Crippen LogP contribution is 2.38. The van der Waals surface area contributed by atoms with E-state index in [1.54, 1.807) is 18.3 Å². The van der Waals surface area contributed by atoms with Gasteiger partial charge in [0.15, 0.2) is 9.90 Å². The largest absolute Gasteiger partial charge is 0.593 e. The van der Waals surface area contributed by atoms with Crippen molar-refractivity contribution in [1.29, 1.82) is 5.26 Å². The van der Waals surface area contributed by atoms with Crippen LogP contribution in [-0.4, -0.2) is 67.1 Å². The van der Waals surface area contributed by atoms with Crippen LogP contribution in [0.3, 0.4) is 0 Å². The molecule has 1 saturated heterocycles. The van der Waals surface area contributed by atoms with E-state index in [0.717, 1.165) is 22.4 Å². The number of amides is 1. The maximum Gasteiger partial charge on any atom is 0.291 e. The third-order valence-corrected chi connectivity index (χ3v) is 8.48. The van der Waals surface area contributed by atoms with Crippen LogP contribution in [0.4, 0.5) is 14.5 Å². The van der Waals surface area contributed by atoms with Crippen LogP contribution >= 0.6 is 11.3 Å². The number of hydrogen-bond donors (Lipinski definition) is 1. The Bertz CT molecular complexity index is 1330. The Morgan fingerprint density at radius 2 is 1.97 bits per heavy atom. The van der Waals surface area contributed by atoms with Gasteiger partial charge >= 0.3 is 0 Å². The zero-order chi connectivity index (χ0) is 25.6. The molecule has 1 aliphatic carbocycles. The number of hydrogen-bond acceptors (Lipinski definition) is 9. The van der Waals surface area contributed by atoms with Crippen molar-refractivity contribution >= 4 is 45.2 Å². The van der Waals surface area contributed by atoms with E-state index in [0.29, 0.717) is 49.4 Å². The van der Waals surface area contributed by atoms with Crippen LogP contribution in [-0.2, 0) is 16.2 Å². The average molecular weight is 535 g/mol. The molecular formula is C22H24F2N8O2S2. The molecule has 1 aromatic carbocycles. The first-order valence-corrected chi connectivity index (χ1v) is 13.5. The highest BCUT2D eigenvalue weighted by molar-refractivity contribution is 7.89. The molecule has 10 nitrogen and oxygen atoms in total. The van der Waals surface area contributed by atoms with Crippen LogP contribution in [0.5, 0.6) is 0 Å². The van der Waals surface area contributed by atoms with Gasteiger partial charge in [0.05, 0.1) is 34.8 Å². The molecule has 1 saturated carbocycles. The lowest BCUT2D eigenvalue weighted by Crippen LogP contribution is -2.50. The molecule has 0 spiro atoms. The second kappa shape index (κ2) is 9.55.